The number of fused-ring (bicyclic) bond motifs is 1. The van der Waals surface area contributed by atoms with Crippen molar-refractivity contribution in [1.82, 2.24) is 20.9 Å². The average molecular weight is 552 g/mol. The van der Waals surface area contributed by atoms with E-state index in [0.717, 1.165) is 4.90 Å². The summed E-state index contributed by atoms with van der Waals surface area (Å²) < 4.78 is 67.4. The number of ketones is 1. The highest BCUT2D eigenvalue weighted by Crippen LogP contribution is 2.64. The second kappa shape index (κ2) is 9.72. The zero-order chi connectivity index (χ0) is 28.2. The van der Waals surface area contributed by atoms with Gasteiger partial charge in [0.05, 0.1) is 6.04 Å². The Morgan fingerprint density at radius 2 is 1.84 bits per heavy atom. The van der Waals surface area contributed by atoms with Gasteiger partial charge in [0.15, 0.2) is 5.78 Å². The lowest BCUT2D eigenvalue weighted by atomic mass is 9.88. The molecule has 0 aromatic rings. The normalized spacial score (nSPS) is 30.1. The highest BCUT2D eigenvalue weighted by atomic mass is 19.4. The van der Waals surface area contributed by atoms with Crippen LogP contribution in [0.25, 0.3) is 0 Å². The van der Waals surface area contributed by atoms with E-state index in [0.29, 0.717) is 13.0 Å². The summed E-state index contributed by atoms with van der Waals surface area (Å²) in [5.41, 5.74) is -0.393. The highest BCUT2D eigenvalue weighted by Gasteiger charge is 2.69. The van der Waals surface area contributed by atoms with Crippen molar-refractivity contribution >= 4 is 29.4 Å². The quantitative estimate of drug-likeness (QED) is 0.297. The van der Waals surface area contributed by atoms with Gasteiger partial charge in [-0.15, -0.1) is 13.2 Å². The Morgan fingerprint density at radius 1 is 1.18 bits per heavy atom. The molecule has 38 heavy (non-hydrogen) atoms. The van der Waals surface area contributed by atoms with E-state index >= 15 is 0 Å². The maximum atomic E-state index is 13.4. The summed E-state index contributed by atoms with van der Waals surface area (Å²) in [4.78, 5) is 64.4. The van der Waals surface area contributed by atoms with E-state index in [1.807, 2.05) is 13.8 Å². The van der Waals surface area contributed by atoms with Crippen molar-refractivity contribution < 1.29 is 50.7 Å². The summed E-state index contributed by atoms with van der Waals surface area (Å²) >= 11 is 0. The largest absolute Gasteiger partial charge is 0.522 e. The second-order valence-electron chi connectivity index (χ2n) is 11.1. The maximum absolute atomic E-state index is 13.4. The number of piperidine rings is 1. The Labute approximate surface area is 214 Å². The van der Waals surface area contributed by atoms with Crippen LogP contribution >= 0.6 is 0 Å². The first-order valence-electron chi connectivity index (χ1n) is 12.3. The number of Topliss-reactive ketones (excluding diaryl/α,β-unsaturated/α-hetero) is 1. The first-order valence-corrected chi connectivity index (χ1v) is 12.3. The Balaban J connectivity index is 1.47. The van der Waals surface area contributed by atoms with Gasteiger partial charge in [0.2, 0.25) is 11.8 Å². The topological polar surface area (TPSA) is 134 Å². The van der Waals surface area contributed by atoms with Crippen LogP contribution in [0.5, 0.6) is 0 Å². The summed E-state index contributed by atoms with van der Waals surface area (Å²) in [6.07, 6.45) is -6.26. The number of halogens is 5. The molecule has 0 aromatic heterocycles. The third kappa shape index (κ3) is 5.76. The van der Waals surface area contributed by atoms with Crippen LogP contribution in [0, 0.1) is 23.2 Å². The fraction of sp³-hybridized carbons (Fsp3) is 0.783. The van der Waals surface area contributed by atoms with Crippen LogP contribution in [0.4, 0.5) is 22.0 Å². The molecule has 2 aliphatic heterocycles. The average Bonchev–Trinajstić information content (AvgIpc) is 3.15. The van der Waals surface area contributed by atoms with E-state index in [2.05, 4.69) is 20.7 Å². The molecule has 2 saturated heterocycles. The van der Waals surface area contributed by atoms with Crippen molar-refractivity contribution in [2.75, 3.05) is 19.7 Å². The highest BCUT2D eigenvalue weighted by molar-refractivity contribution is 6.35. The lowest BCUT2D eigenvalue weighted by Gasteiger charge is -2.36. The van der Waals surface area contributed by atoms with Gasteiger partial charge < -0.3 is 20.9 Å². The lowest BCUT2D eigenvalue weighted by Crippen LogP contribution is -2.58. The minimum Gasteiger partial charge on any atom is -0.356 e. The zero-order valence-electron chi connectivity index (χ0n) is 20.7. The van der Waals surface area contributed by atoms with Gasteiger partial charge in [-0.1, -0.05) is 13.8 Å². The smallest absolute Gasteiger partial charge is 0.356 e. The molecule has 5 atom stereocenters. The van der Waals surface area contributed by atoms with Crippen LogP contribution in [0.15, 0.2) is 0 Å². The molecular weight excluding hydrogens is 523 g/mol. The van der Waals surface area contributed by atoms with E-state index in [9.17, 15) is 45.9 Å². The van der Waals surface area contributed by atoms with Crippen LogP contribution < -0.4 is 16.0 Å². The van der Waals surface area contributed by atoms with Crippen LogP contribution in [0.1, 0.15) is 39.5 Å². The van der Waals surface area contributed by atoms with Crippen LogP contribution in [-0.2, 0) is 28.7 Å². The van der Waals surface area contributed by atoms with Crippen molar-refractivity contribution in [3.63, 3.8) is 0 Å². The fourth-order valence-corrected chi connectivity index (χ4v) is 5.87. The monoisotopic (exact) mass is 552 g/mol. The predicted molar refractivity (Wildman–Crippen MR) is 117 cm³/mol. The van der Waals surface area contributed by atoms with Gasteiger partial charge in [-0.05, 0) is 30.1 Å². The molecule has 2 heterocycles. The molecule has 212 valence electrons. The Kier molecular flexibility index (Phi) is 7.21. The van der Waals surface area contributed by atoms with E-state index in [1.54, 1.807) is 0 Å². The number of ether oxygens (including phenoxy) is 1. The Morgan fingerprint density at radius 3 is 2.39 bits per heavy atom. The van der Waals surface area contributed by atoms with Crippen molar-refractivity contribution in [3.8, 4) is 0 Å². The predicted octanol–water partition coefficient (Wildman–Crippen LogP) is 0.500. The van der Waals surface area contributed by atoms with Crippen molar-refractivity contribution in [2.45, 2.75) is 69.9 Å². The number of nitrogens with zero attached hydrogens (tertiary/aromatic N) is 1. The molecule has 4 rings (SSSR count). The summed E-state index contributed by atoms with van der Waals surface area (Å²) in [7, 11) is 0. The molecule has 4 amide bonds. The molecule has 0 spiro atoms. The summed E-state index contributed by atoms with van der Waals surface area (Å²) in [6.45, 7) is 2.65. The van der Waals surface area contributed by atoms with Gasteiger partial charge in [-0.2, -0.15) is 0 Å². The van der Waals surface area contributed by atoms with Gasteiger partial charge in [0.25, 0.3) is 5.92 Å². The van der Waals surface area contributed by atoms with Crippen molar-refractivity contribution in [2.24, 2.45) is 23.2 Å². The third-order valence-electron chi connectivity index (χ3n) is 8.12. The number of rotatable bonds is 8. The molecule has 2 unspecified atom stereocenters. The number of nitrogens with one attached hydrogen (secondary N) is 3. The molecule has 0 bridgehead atoms. The number of amides is 4. The van der Waals surface area contributed by atoms with E-state index in [4.69, 9.17) is 0 Å². The number of hydrogen-bond donors (Lipinski definition) is 3. The summed E-state index contributed by atoms with van der Waals surface area (Å²) in [5.74, 6) is -8.82. The summed E-state index contributed by atoms with van der Waals surface area (Å²) in [6, 6.07) is -3.61. The second-order valence-corrected chi connectivity index (χ2v) is 11.1. The number of alkyl halides is 5. The number of carbonyl (C=O) groups is 5. The Bertz CT molecular complexity index is 1030. The number of likely N-dealkylation sites (tertiary alicyclic amines) is 1. The van der Waals surface area contributed by atoms with E-state index in [-0.39, 0.29) is 18.9 Å². The molecule has 0 radical (unpaired) electrons. The molecule has 10 nitrogen and oxygen atoms in total. The fourth-order valence-electron chi connectivity index (χ4n) is 5.87. The van der Waals surface area contributed by atoms with Gasteiger partial charge in [-0.25, -0.2) is 8.78 Å². The zero-order valence-corrected chi connectivity index (χ0v) is 20.7. The minimum atomic E-state index is -5.09. The number of hydrogen-bond acceptors (Lipinski definition) is 6. The van der Waals surface area contributed by atoms with Crippen LogP contribution in [-0.4, -0.2) is 84.4 Å². The van der Waals surface area contributed by atoms with E-state index < -0.39 is 96.5 Å². The Hall–Kier alpha value is -2.84. The first-order chi connectivity index (χ1) is 17.5. The van der Waals surface area contributed by atoms with Gasteiger partial charge in [0, 0.05) is 37.9 Å². The molecule has 0 aromatic carbocycles. The van der Waals surface area contributed by atoms with Crippen molar-refractivity contribution in [1.29, 1.82) is 0 Å². The molecule has 4 aliphatic rings. The van der Waals surface area contributed by atoms with Crippen LogP contribution in [0.2, 0.25) is 0 Å². The summed E-state index contributed by atoms with van der Waals surface area (Å²) in [5, 5.41) is 7.18. The molecule has 15 heteroatoms. The van der Waals surface area contributed by atoms with Crippen molar-refractivity contribution in [3.05, 3.63) is 0 Å². The first kappa shape index (κ1) is 28.2. The van der Waals surface area contributed by atoms with Crippen LogP contribution in [0.3, 0.4) is 0 Å². The molecular formula is C23H29F5N4O6. The van der Waals surface area contributed by atoms with Gasteiger partial charge in [0.1, 0.15) is 12.6 Å². The number of carbonyl (C=O) groups excluding carboxylic acids is 5. The lowest BCUT2D eigenvalue weighted by molar-refractivity contribution is -0.321. The van der Waals surface area contributed by atoms with Gasteiger partial charge in [-0.3, -0.25) is 28.7 Å². The minimum absolute atomic E-state index is 0.0314. The molecule has 3 N–H and O–H groups in total. The van der Waals surface area contributed by atoms with Gasteiger partial charge >= 0.3 is 18.2 Å². The maximum Gasteiger partial charge on any atom is 0.522 e. The molecule has 2 aliphatic carbocycles. The standard InChI is InChI=1S/C23H29F5N4O6/c1-21(2)12-8-32(20(37)19(36)30-11-6-22(24,25)7-11)16(15(12)21)18(35)31-13(5-10-3-4-29-17(10)34)14(33)9-38-23(26,27)28/h10-13,15-16H,3-9H2,1-2H3,(H,29,34)(H,30,36)(H,31,35)/t10?,12-,13?,15-,16-/m0/s1. The van der Waals surface area contributed by atoms with E-state index in [1.165, 1.54) is 0 Å². The molecule has 2 saturated carbocycles. The SMILES string of the molecule is CC1(C)[C@@H]2[C@@H](C(=O)NC(CC3CCNC3=O)C(=O)COC(F)(F)F)N(C(=O)C(=O)NC3CC(F)(F)C3)C[C@@H]21. The molecule has 4 fully saturated rings. The third-order valence-corrected chi connectivity index (χ3v) is 8.12.